The molecule has 12 heavy (non-hydrogen) atoms. The first-order chi connectivity index (χ1) is 5.43. The first-order valence-corrected chi connectivity index (χ1v) is 5.45. The second-order valence-corrected chi connectivity index (χ2v) is 4.65. The summed E-state index contributed by atoms with van der Waals surface area (Å²) in [5.41, 5.74) is 0. The summed E-state index contributed by atoms with van der Waals surface area (Å²) in [7, 11) is -4.22. The standard InChI is InChI=1S/C6H4BrClO3S/c7-4-2-1-3-5(6(4)8)12(9,10)11/h1-3H,(H,9,10,11). The van der Waals surface area contributed by atoms with Gasteiger partial charge in [-0.05, 0) is 28.1 Å². The molecule has 66 valence electrons. The molecular weight excluding hydrogens is 267 g/mol. The van der Waals surface area contributed by atoms with Crippen molar-refractivity contribution in [3.63, 3.8) is 0 Å². The van der Waals surface area contributed by atoms with Gasteiger partial charge in [0.1, 0.15) is 4.90 Å². The van der Waals surface area contributed by atoms with Crippen LogP contribution >= 0.6 is 27.5 Å². The largest absolute Gasteiger partial charge is 0.296 e. The van der Waals surface area contributed by atoms with Crippen molar-refractivity contribution in [1.29, 1.82) is 0 Å². The van der Waals surface area contributed by atoms with E-state index in [-0.39, 0.29) is 9.92 Å². The molecule has 0 heterocycles. The van der Waals surface area contributed by atoms with Gasteiger partial charge in [0.2, 0.25) is 0 Å². The van der Waals surface area contributed by atoms with Gasteiger partial charge in [0.05, 0.1) is 5.02 Å². The minimum absolute atomic E-state index is 0.0139. The van der Waals surface area contributed by atoms with Crippen LogP contribution in [0, 0.1) is 0 Å². The Morgan fingerprint density at radius 2 is 2.00 bits per heavy atom. The maximum absolute atomic E-state index is 10.7. The van der Waals surface area contributed by atoms with Crippen LogP contribution in [0.5, 0.6) is 0 Å². The summed E-state index contributed by atoms with van der Waals surface area (Å²) < 4.78 is 30.4. The lowest BCUT2D eigenvalue weighted by Gasteiger charge is -2.00. The summed E-state index contributed by atoms with van der Waals surface area (Å²) >= 11 is 8.62. The molecule has 6 heteroatoms. The molecule has 0 saturated heterocycles. The van der Waals surface area contributed by atoms with Gasteiger partial charge in [-0.2, -0.15) is 8.42 Å². The molecule has 0 aromatic heterocycles. The molecule has 0 radical (unpaired) electrons. The summed E-state index contributed by atoms with van der Waals surface area (Å²) in [5, 5.41) is -0.0139. The van der Waals surface area contributed by atoms with Crippen LogP contribution in [0.3, 0.4) is 0 Å². The average Bonchev–Trinajstić information content (AvgIpc) is 1.92. The fraction of sp³-hybridized carbons (Fsp3) is 0. The molecule has 3 nitrogen and oxygen atoms in total. The van der Waals surface area contributed by atoms with E-state index in [0.717, 1.165) is 0 Å². The Balaban J connectivity index is 3.47. The zero-order valence-electron chi connectivity index (χ0n) is 5.66. The Bertz CT molecular complexity index is 401. The van der Waals surface area contributed by atoms with Gasteiger partial charge >= 0.3 is 0 Å². The summed E-state index contributed by atoms with van der Waals surface area (Å²) in [6.45, 7) is 0. The van der Waals surface area contributed by atoms with E-state index in [1.807, 2.05) is 0 Å². The third kappa shape index (κ3) is 1.98. The van der Waals surface area contributed by atoms with Crippen LogP contribution in [0.1, 0.15) is 0 Å². The molecule has 1 aromatic rings. The fourth-order valence-electron chi connectivity index (χ4n) is 0.683. The van der Waals surface area contributed by atoms with Crippen LogP contribution in [0.4, 0.5) is 0 Å². The number of rotatable bonds is 1. The molecule has 0 aliphatic carbocycles. The van der Waals surface area contributed by atoms with Gasteiger partial charge in [-0.3, -0.25) is 4.55 Å². The lowest BCUT2D eigenvalue weighted by atomic mass is 10.4. The van der Waals surface area contributed by atoms with Crippen LogP contribution in [-0.4, -0.2) is 13.0 Å². The average molecular weight is 272 g/mol. The van der Waals surface area contributed by atoms with Crippen molar-refractivity contribution < 1.29 is 13.0 Å². The number of hydrogen-bond donors (Lipinski definition) is 1. The third-order valence-electron chi connectivity index (χ3n) is 1.19. The Hall–Kier alpha value is -0.100. The van der Waals surface area contributed by atoms with Crippen molar-refractivity contribution >= 4 is 37.6 Å². The Labute approximate surface area is 83.2 Å². The molecule has 0 amide bonds. The van der Waals surface area contributed by atoms with Crippen LogP contribution in [0.25, 0.3) is 0 Å². The van der Waals surface area contributed by atoms with Crippen LogP contribution in [-0.2, 0) is 10.1 Å². The quantitative estimate of drug-likeness (QED) is 0.798. The monoisotopic (exact) mass is 270 g/mol. The molecule has 0 aliphatic rings. The summed E-state index contributed by atoms with van der Waals surface area (Å²) in [6.07, 6.45) is 0. The predicted molar refractivity (Wildman–Crippen MR) is 49.0 cm³/mol. The second-order valence-electron chi connectivity index (χ2n) is 2.03. The Morgan fingerprint density at radius 1 is 1.42 bits per heavy atom. The number of halogens is 2. The van der Waals surface area contributed by atoms with Crippen molar-refractivity contribution in [2.45, 2.75) is 4.90 Å². The first kappa shape index (κ1) is 9.98. The molecule has 0 saturated carbocycles. The van der Waals surface area contributed by atoms with Crippen LogP contribution in [0.2, 0.25) is 5.02 Å². The van der Waals surface area contributed by atoms with E-state index in [1.54, 1.807) is 6.07 Å². The van der Waals surface area contributed by atoms with Crippen LogP contribution < -0.4 is 0 Å². The van der Waals surface area contributed by atoms with E-state index in [1.165, 1.54) is 12.1 Å². The SMILES string of the molecule is O=S(=O)(O)c1cccc(Br)c1Cl. The van der Waals surface area contributed by atoms with Gasteiger partial charge in [-0.25, -0.2) is 0 Å². The topological polar surface area (TPSA) is 54.4 Å². The van der Waals surface area contributed by atoms with Gasteiger partial charge in [-0.1, -0.05) is 17.7 Å². The van der Waals surface area contributed by atoms with Crippen molar-refractivity contribution in [2.75, 3.05) is 0 Å². The predicted octanol–water partition coefficient (Wildman–Crippen LogP) is 2.35. The highest BCUT2D eigenvalue weighted by atomic mass is 79.9. The maximum Gasteiger partial charge on any atom is 0.296 e. The van der Waals surface area contributed by atoms with E-state index < -0.39 is 10.1 Å². The molecule has 1 N–H and O–H groups in total. The van der Waals surface area contributed by atoms with Gasteiger partial charge < -0.3 is 0 Å². The minimum atomic E-state index is -4.22. The van der Waals surface area contributed by atoms with Gasteiger partial charge in [0.25, 0.3) is 10.1 Å². The highest BCUT2D eigenvalue weighted by Gasteiger charge is 2.15. The fourth-order valence-corrected chi connectivity index (χ4v) is 2.19. The number of benzene rings is 1. The van der Waals surface area contributed by atoms with Crippen molar-refractivity contribution in [3.05, 3.63) is 27.7 Å². The van der Waals surface area contributed by atoms with Crippen molar-refractivity contribution in [1.82, 2.24) is 0 Å². The molecule has 1 aromatic carbocycles. The second kappa shape index (κ2) is 3.33. The van der Waals surface area contributed by atoms with E-state index in [9.17, 15) is 8.42 Å². The summed E-state index contributed by atoms with van der Waals surface area (Å²) in [4.78, 5) is -0.293. The molecule has 0 atom stereocenters. The lowest BCUT2D eigenvalue weighted by Crippen LogP contribution is -1.98. The van der Waals surface area contributed by atoms with Crippen molar-refractivity contribution in [3.8, 4) is 0 Å². The van der Waals surface area contributed by atoms with E-state index in [2.05, 4.69) is 15.9 Å². The Morgan fingerprint density at radius 3 is 2.42 bits per heavy atom. The number of hydrogen-bond acceptors (Lipinski definition) is 2. The molecule has 1 rings (SSSR count). The highest BCUT2D eigenvalue weighted by molar-refractivity contribution is 9.10. The Kier molecular flexibility index (Phi) is 2.77. The van der Waals surface area contributed by atoms with Crippen molar-refractivity contribution in [2.24, 2.45) is 0 Å². The zero-order chi connectivity index (χ0) is 9.35. The normalized spacial score (nSPS) is 11.6. The molecule has 0 spiro atoms. The summed E-state index contributed by atoms with van der Waals surface area (Å²) in [5.74, 6) is 0. The molecular formula is C6H4BrClO3S. The molecule has 0 unspecified atom stereocenters. The molecule has 0 aliphatic heterocycles. The summed E-state index contributed by atoms with van der Waals surface area (Å²) in [6, 6.07) is 4.28. The minimum Gasteiger partial charge on any atom is -0.282 e. The van der Waals surface area contributed by atoms with E-state index >= 15 is 0 Å². The van der Waals surface area contributed by atoms with Gasteiger partial charge in [-0.15, -0.1) is 0 Å². The van der Waals surface area contributed by atoms with E-state index in [0.29, 0.717) is 4.47 Å². The molecule has 0 fully saturated rings. The maximum atomic E-state index is 10.7. The highest BCUT2D eigenvalue weighted by Crippen LogP contribution is 2.28. The zero-order valence-corrected chi connectivity index (χ0v) is 8.82. The smallest absolute Gasteiger partial charge is 0.282 e. The van der Waals surface area contributed by atoms with Gasteiger partial charge in [0.15, 0.2) is 0 Å². The van der Waals surface area contributed by atoms with Crippen LogP contribution in [0.15, 0.2) is 27.6 Å². The van der Waals surface area contributed by atoms with Gasteiger partial charge in [0, 0.05) is 4.47 Å². The third-order valence-corrected chi connectivity index (χ3v) is 3.50. The molecule has 0 bridgehead atoms. The lowest BCUT2D eigenvalue weighted by molar-refractivity contribution is 0.483. The first-order valence-electron chi connectivity index (χ1n) is 2.84. The van der Waals surface area contributed by atoms with E-state index in [4.69, 9.17) is 16.2 Å².